The van der Waals surface area contributed by atoms with Crippen LogP contribution in [0.5, 0.6) is 5.75 Å². The van der Waals surface area contributed by atoms with Gasteiger partial charge in [0.15, 0.2) is 0 Å². The van der Waals surface area contributed by atoms with E-state index >= 15 is 0 Å². The number of hydrogen-bond acceptors (Lipinski definition) is 2. The molecule has 1 heterocycles. The van der Waals surface area contributed by atoms with E-state index in [0.29, 0.717) is 0 Å². The summed E-state index contributed by atoms with van der Waals surface area (Å²) in [4.78, 5) is 0. The minimum atomic E-state index is 0.204. The van der Waals surface area contributed by atoms with Crippen LogP contribution >= 0.6 is 0 Å². The van der Waals surface area contributed by atoms with Gasteiger partial charge in [0.2, 0.25) is 0 Å². The largest absolute Gasteiger partial charge is 0.493 e. The van der Waals surface area contributed by atoms with Crippen LogP contribution in [0.1, 0.15) is 62.1 Å². The van der Waals surface area contributed by atoms with Crippen molar-refractivity contribution in [3.05, 3.63) is 29.3 Å². The van der Waals surface area contributed by atoms with Crippen molar-refractivity contribution in [3.63, 3.8) is 0 Å². The standard InChI is InChI=1S/C17H25NO/c18-16(11-13-5-2-1-3-6-13)14-8-9-17-15(12-14)7-4-10-19-17/h8-9,12-13,16H,1-7,10-11,18H2. The minimum Gasteiger partial charge on any atom is -0.493 e. The van der Waals surface area contributed by atoms with Crippen LogP contribution in [0.25, 0.3) is 0 Å². The van der Waals surface area contributed by atoms with E-state index in [1.165, 1.54) is 43.2 Å². The maximum atomic E-state index is 6.42. The average molecular weight is 259 g/mol. The van der Waals surface area contributed by atoms with Crippen molar-refractivity contribution >= 4 is 0 Å². The van der Waals surface area contributed by atoms with E-state index in [2.05, 4.69) is 18.2 Å². The van der Waals surface area contributed by atoms with Gasteiger partial charge < -0.3 is 10.5 Å². The topological polar surface area (TPSA) is 35.2 Å². The van der Waals surface area contributed by atoms with E-state index in [9.17, 15) is 0 Å². The van der Waals surface area contributed by atoms with Crippen LogP contribution in [0.15, 0.2) is 18.2 Å². The zero-order valence-corrected chi connectivity index (χ0v) is 11.7. The Kier molecular flexibility index (Phi) is 4.07. The highest BCUT2D eigenvalue weighted by atomic mass is 16.5. The quantitative estimate of drug-likeness (QED) is 0.891. The Morgan fingerprint density at radius 1 is 1.16 bits per heavy atom. The van der Waals surface area contributed by atoms with E-state index < -0.39 is 0 Å². The highest BCUT2D eigenvalue weighted by molar-refractivity contribution is 5.39. The molecule has 1 aromatic carbocycles. The molecule has 3 rings (SSSR count). The van der Waals surface area contributed by atoms with Crippen molar-refractivity contribution in [2.45, 2.75) is 57.4 Å². The molecule has 2 N–H and O–H groups in total. The molecule has 19 heavy (non-hydrogen) atoms. The van der Waals surface area contributed by atoms with Gasteiger partial charge in [0.25, 0.3) is 0 Å². The summed E-state index contributed by atoms with van der Waals surface area (Å²) >= 11 is 0. The molecule has 0 saturated heterocycles. The Labute approximate surface area is 116 Å². The maximum absolute atomic E-state index is 6.42. The van der Waals surface area contributed by atoms with Gasteiger partial charge in [0.1, 0.15) is 5.75 Å². The molecular formula is C17H25NO. The van der Waals surface area contributed by atoms with Crippen molar-refractivity contribution in [2.75, 3.05) is 6.61 Å². The molecule has 1 saturated carbocycles. The van der Waals surface area contributed by atoms with E-state index in [0.717, 1.165) is 37.5 Å². The summed E-state index contributed by atoms with van der Waals surface area (Å²) in [5.74, 6) is 1.91. The smallest absolute Gasteiger partial charge is 0.122 e. The molecule has 104 valence electrons. The fourth-order valence-corrected chi connectivity index (χ4v) is 3.53. The molecule has 2 aliphatic rings. The SMILES string of the molecule is NC(CC1CCCCC1)c1ccc2c(c1)CCCO2. The first-order valence-corrected chi connectivity index (χ1v) is 7.84. The molecule has 1 fully saturated rings. The van der Waals surface area contributed by atoms with Gasteiger partial charge in [-0.05, 0) is 42.4 Å². The lowest BCUT2D eigenvalue weighted by atomic mass is 9.83. The zero-order chi connectivity index (χ0) is 13.1. The van der Waals surface area contributed by atoms with Crippen molar-refractivity contribution in [3.8, 4) is 5.75 Å². The highest BCUT2D eigenvalue weighted by Gasteiger charge is 2.19. The van der Waals surface area contributed by atoms with Gasteiger partial charge in [-0.2, -0.15) is 0 Å². The van der Waals surface area contributed by atoms with Crippen molar-refractivity contribution in [2.24, 2.45) is 11.7 Å². The third-order valence-corrected chi connectivity index (χ3v) is 4.67. The second-order valence-corrected chi connectivity index (χ2v) is 6.17. The van der Waals surface area contributed by atoms with Crippen LogP contribution in [-0.2, 0) is 6.42 Å². The Balaban J connectivity index is 1.67. The van der Waals surface area contributed by atoms with E-state index in [-0.39, 0.29) is 6.04 Å². The molecule has 1 atom stereocenters. The predicted octanol–water partition coefficient (Wildman–Crippen LogP) is 3.98. The minimum absolute atomic E-state index is 0.204. The molecule has 0 bridgehead atoms. The summed E-state index contributed by atoms with van der Waals surface area (Å²) in [5.41, 5.74) is 9.07. The third-order valence-electron chi connectivity index (χ3n) is 4.67. The van der Waals surface area contributed by atoms with Crippen LogP contribution in [-0.4, -0.2) is 6.61 Å². The molecule has 0 aromatic heterocycles. The number of fused-ring (bicyclic) bond motifs is 1. The van der Waals surface area contributed by atoms with Crippen LogP contribution in [0.3, 0.4) is 0 Å². The van der Waals surface area contributed by atoms with Crippen LogP contribution in [0.2, 0.25) is 0 Å². The molecule has 1 unspecified atom stereocenters. The summed E-state index contributed by atoms with van der Waals surface area (Å²) in [6.45, 7) is 0.862. The van der Waals surface area contributed by atoms with Crippen LogP contribution in [0, 0.1) is 5.92 Å². The number of hydrogen-bond donors (Lipinski definition) is 1. The molecule has 1 aliphatic heterocycles. The lowest BCUT2D eigenvalue weighted by Crippen LogP contribution is -2.18. The summed E-state index contributed by atoms with van der Waals surface area (Å²) in [6.07, 6.45) is 10.4. The molecule has 0 spiro atoms. The second kappa shape index (κ2) is 5.96. The molecule has 2 nitrogen and oxygen atoms in total. The van der Waals surface area contributed by atoms with Gasteiger partial charge >= 0.3 is 0 Å². The number of ether oxygens (including phenoxy) is 1. The number of rotatable bonds is 3. The lowest BCUT2D eigenvalue weighted by molar-refractivity contribution is 0.287. The number of benzene rings is 1. The summed E-state index contributed by atoms with van der Waals surface area (Å²) < 4.78 is 5.67. The van der Waals surface area contributed by atoms with Crippen LogP contribution in [0.4, 0.5) is 0 Å². The van der Waals surface area contributed by atoms with Crippen LogP contribution < -0.4 is 10.5 Å². The first-order chi connectivity index (χ1) is 9.33. The number of aryl methyl sites for hydroxylation is 1. The Morgan fingerprint density at radius 2 is 2.00 bits per heavy atom. The summed E-state index contributed by atoms with van der Waals surface area (Å²) in [6, 6.07) is 6.76. The Bertz CT molecular complexity index is 423. The molecular weight excluding hydrogens is 234 g/mol. The predicted molar refractivity (Wildman–Crippen MR) is 78.4 cm³/mol. The Morgan fingerprint density at radius 3 is 2.84 bits per heavy atom. The van der Waals surface area contributed by atoms with Crippen molar-refractivity contribution in [1.82, 2.24) is 0 Å². The van der Waals surface area contributed by atoms with Crippen molar-refractivity contribution in [1.29, 1.82) is 0 Å². The molecule has 0 radical (unpaired) electrons. The van der Waals surface area contributed by atoms with E-state index in [1.807, 2.05) is 0 Å². The maximum Gasteiger partial charge on any atom is 0.122 e. The fraction of sp³-hybridized carbons (Fsp3) is 0.647. The summed E-state index contributed by atoms with van der Waals surface area (Å²) in [5, 5.41) is 0. The molecule has 2 heteroatoms. The zero-order valence-electron chi connectivity index (χ0n) is 11.7. The second-order valence-electron chi connectivity index (χ2n) is 6.17. The van der Waals surface area contributed by atoms with Gasteiger partial charge in [-0.15, -0.1) is 0 Å². The van der Waals surface area contributed by atoms with Crippen molar-refractivity contribution < 1.29 is 4.74 Å². The van der Waals surface area contributed by atoms with Gasteiger partial charge in [0.05, 0.1) is 6.61 Å². The molecule has 1 aromatic rings. The molecule has 0 amide bonds. The normalized spacial score (nSPS) is 21.5. The van der Waals surface area contributed by atoms with Gasteiger partial charge in [-0.1, -0.05) is 44.2 Å². The van der Waals surface area contributed by atoms with Gasteiger partial charge in [-0.3, -0.25) is 0 Å². The lowest BCUT2D eigenvalue weighted by Gasteiger charge is -2.25. The Hall–Kier alpha value is -1.02. The van der Waals surface area contributed by atoms with Gasteiger partial charge in [0, 0.05) is 6.04 Å². The highest BCUT2D eigenvalue weighted by Crippen LogP contribution is 2.33. The fourth-order valence-electron chi connectivity index (χ4n) is 3.53. The monoisotopic (exact) mass is 259 g/mol. The average Bonchev–Trinajstić information content (AvgIpc) is 2.48. The van der Waals surface area contributed by atoms with Gasteiger partial charge in [-0.25, -0.2) is 0 Å². The third kappa shape index (κ3) is 3.11. The first-order valence-electron chi connectivity index (χ1n) is 7.84. The number of nitrogens with two attached hydrogens (primary N) is 1. The molecule has 1 aliphatic carbocycles. The summed E-state index contributed by atoms with van der Waals surface area (Å²) in [7, 11) is 0. The van der Waals surface area contributed by atoms with E-state index in [4.69, 9.17) is 10.5 Å². The first kappa shape index (κ1) is 13.0. The van der Waals surface area contributed by atoms with E-state index in [1.54, 1.807) is 0 Å².